The minimum atomic E-state index is -0.159. The van der Waals surface area contributed by atoms with Crippen molar-refractivity contribution in [3.8, 4) is 0 Å². The molecule has 1 aromatic carbocycles. The summed E-state index contributed by atoms with van der Waals surface area (Å²) in [5.41, 5.74) is 7.12. The van der Waals surface area contributed by atoms with Gasteiger partial charge in [0.2, 0.25) is 0 Å². The van der Waals surface area contributed by atoms with Crippen LogP contribution >= 0.6 is 11.3 Å². The number of nitrogens with one attached hydrogen (secondary N) is 1. The number of rotatable bonds is 6. The van der Waals surface area contributed by atoms with E-state index < -0.39 is 0 Å². The molecule has 1 atom stereocenters. The zero-order valence-electron chi connectivity index (χ0n) is 12.2. The lowest BCUT2D eigenvalue weighted by atomic mass is 10.1. The van der Waals surface area contributed by atoms with Crippen LogP contribution in [0, 0.1) is 0 Å². The second-order valence-electron chi connectivity index (χ2n) is 4.93. The van der Waals surface area contributed by atoms with Gasteiger partial charge in [-0.3, -0.25) is 4.79 Å². The van der Waals surface area contributed by atoms with E-state index in [1.165, 1.54) is 16.9 Å². The lowest BCUT2D eigenvalue weighted by Crippen LogP contribution is -2.34. The van der Waals surface area contributed by atoms with Crippen LogP contribution in [0.2, 0.25) is 0 Å². The Morgan fingerprint density at radius 1 is 1.38 bits per heavy atom. The SMILES string of the molecule is CN(C)C(CNC(=O)c1csc(CN)n1)c1ccccc1. The van der Waals surface area contributed by atoms with Crippen molar-refractivity contribution < 1.29 is 4.79 Å². The fraction of sp³-hybridized carbons (Fsp3) is 0.333. The van der Waals surface area contributed by atoms with E-state index in [0.717, 1.165) is 5.01 Å². The Bertz CT molecular complexity index is 582. The predicted octanol–water partition coefficient (Wildman–Crippen LogP) is 1.63. The number of carbonyl (C=O) groups excluding carboxylic acids is 1. The van der Waals surface area contributed by atoms with Gasteiger partial charge in [0.25, 0.3) is 5.91 Å². The van der Waals surface area contributed by atoms with Crippen molar-refractivity contribution >= 4 is 17.2 Å². The second-order valence-corrected chi connectivity index (χ2v) is 5.87. The first-order valence-corrected chi connectivity index (χ1v) is 7.64. The fourth-order valence-electron chi connectivity index (χ4n) is 2.06. The quantitative estimate of drug-likeness (QED) is 0.851. The summed E-state index contributed by atoms with van der Waals surface area (Å²) in [5.74, 6) is -0.159. The number of thiazole rings is 1. The lowest BCUT2D eigenvalue weighted by Gasteiger charge is -2.24. The second kappa shape index (κ2) is 7.31. The summed E-state index contributed by atoms with van der Waals surface area (Å²) < 4.78 is 0. The first kappa shape index (κ1) is 15.6. The fourth-order valence-corrected chi connectivity index (χ4v) is 2.72. The van der Waals surface area contributed by atoms with Gasteiger partial charge in [0.1, 0.15) is 10.7 Å². The average molecular weight is 304 g/mol. The highest BCUT2D eigenvalue weighted by molar-refractivity contribution is 7.09. The molecule has 0 spiro atoms. The van der Waals surface area contributed by atoms with Crippen LogP contribution in [-0.4, -0.2) is 36.4 Å². The third kappa shape index (κ3) is 4.10. The summed E-state index contributed by atoms with van der Waals surface area (Å²) in [6.45, 7) is 0.896. The van der Waals surface area contributed by atoms with Crippen LogP contribution < -0.4 is 11.1 Å². The van der Waals surface area contributed by atoms with Crippen molar-refractivity contribution in [2.24, 2.45) is 5.73 Å². The maximum absolute atomic E-state index is 12.1. The van der Waals surface area contributed by atoms with Crippen LogP contribution in [0.25, 0.3) is 0 Å². The van der Waals surface area contributed by atoms with E-state index in [2.05, 4.69) is 27.3 Å². The highest BCUT2D eigenvalue weighted by Crippen LogP contribution is 2.17. The minimum absolute atomic E-state index is 0.128. The molecule has 2 rings (SSSR count). The largest absolute Gasteiger partial charge is 0.349 e. The molecule has 0 radical (unpaired) electrons. The predicted molar refractivity (Wildman–Crippen MR) is 85.2 cm³/mol. The van der Waals surface area contributed by atoms with E-state index in [9.17, 15) is 4.79 Å². The molecule has 6 heteroatoms. The van der Waals surface area contributed by atoms with Gasteiger partial charge in [-0.05, 0) is 19.7 Å². The van der Waals surface area contributed by atoms with E-state index >= 15 is 0 Å². The zero-order valence-corrected chi connectivity index (χ0v) is 13.1. The molecule has 0 aliphatic carbocycles. The highest BCUT2D eigenvalue weighted by atomic mass is 32.1. The van der Waals surface area contributed by atoms with Crippen LogP contribution in [0.15, 0.2) is 35.7 Å². The molecule has 0 saturated heterocycles. The minimum Gasteiger partial charge on any atom is -0.349 e. The number of amides is 1. The average Bonchev–Trinajstić information content (AvgIpc) is 2.97. The van der Waals surface area contributed by atoms with Crippen LogP contribution in [0.3, 0.4) is 0 Å². The summed E-state index contributed by atoms with van der Waals surface area (Å²) in [6, 6.07) is 10.2. The van der Waals surface area contributed by atoms with Gasteiger partial charge in [0.05, 0.1) is 6.04 Å². The number of aromatic nitrogens is 1. The van der Waals surface area contributed by atoms with Gasteiger partial charge in [0, 0.05) is 18.5 Å². The summed E-state index contributed by atoms with van der Waals surface area (Å²) in [4.78, 5) is 18.4. The van der Waals surface area contributed by atoms with Crippen LogP contribution in [0.1, 0.15) is 27.1 Å². The molecular weight excluding hydrogens is 284 g/mol. The zero-order chi connectivity index (χ0) is 15.2. The number of nitrogens with two attached hydrogens (primary N) is 1. The Hall–Kier alpha value is -1.76. The van der Waals surface area contributed by atoms with Gasteiger partial charge in [-0.2, -0.15) is 0 Å². The number of hydrogen-bond donors (Lipinski definition) is 2. The third-order valence-corrected chi connectivity index (χ3v) is 4.09. The summed E-state index contributed by atoms with van der Waals surface area (Å²) in [5, 5.41) is 5.45. The molecule has 0 aliphatic heterocycles. The van der Waals surface area contributed by atoms with Crippen molar-refractivity contribution in [3.05, 3.63) is 52.0 Å². The lowest BCUT2D eigenvalue weighted by molar-refractivity contribution is 0.0937. The third-order valence-electron chi connectivity index (χ3n) is 3.22. The topological polar surface area (TPSA) is 71.2 Å². The molecule has 3 N–H and O–H groups in total. The molecule has 21 heavy (non-hydrogen) atoms. The summed E-state index contributed by atoms with van der Waals surface area (Å²) in [6.07, 6.45) is 0. The molecule has 0 fully saturated rings. The van der Waals surface area contributed by atoms with Crippen molar-refractivity contribution in [3.63, 3.8) is 0 Å². The number of nitrogens with zero attached hydrogens (tertiary/aromatic N) is 2. The van der Waals surface area contributed by atoms with Crippen LogP contribution in [-0.2, 0) is 6.54 Å². The van der Waals surface area contributed by atoms with Crippen molar-refractivity contribution in [1.29, 1.82) is 0 Å². The number of hydrogen-bond acceptors (Lipinski definition) is 5. The van der Waals surface area contributed by atoms with Crippen molar-refractivity contribution in [2.45, 2.75) is 12.6 Å². The molecule has 2 aromatic rings. The van der Waals surface area contributed by atoms with Gasteiger partial charge >= 0.3 is 0 Å². The maximum Gasteiger partial charge on any atom is 0.270 e. The van der Waals surface area contributed by atoms with Gasteiger partial charge in [-0.1, -0.05) is 30.3 Å². The van der Waals surface area contributed by atoms with E-state index in [1.807, 2.05) is 32.3 Å². The smallest absolute Gasteiger partial charge is 0.270 e. The Labute approximate surface area is 128 Å². The van der Waals surface area contributed by atoms with E-state index in [4.69, 9.17) is 5.73 Å². The van der Waals surface area contributed by atoms with E-state index in [-0.39, 0.29) is 11.9 Å². The summed E-state index contributed by atoms with van der Waals surface area (Å²) >= 11 is 1.41. The molecule has 1 heterocycles. The molecule has 0 saturated carbocycles. The first-order valence-electron chi connectivity index (χ1n) is 6.76. The molecule has 1 aromatic heterocycles. The number of likely N-dealkylation sites (N-methyl/N-ethyl adjacent to an activating group) is 1. The van der Waals surface area contributed by atoms with Gasteiger partial charge in [0.15, 0.2) is 0 Å². The Balaban J connectivity index is 2.00. The van der Waals surface area contributed by atoms with E-state index in [0.29, 0.717) is 18.8 Å². The van der Waals surface area contributed by atoms with Gasteiger partial charge < -0.3 is 16.0 Å². The van der Waals surface area contributed by atoms with Crippen molar-refractivity contribution in [2.75, 3.05) is 20.6 Å². The van der Waals surface area contributed by atoms with E-state index in [1.54, 1.807) is 5.38 Å². The van der Waals surface area contributed by atoms with Gasteiger partial charge in [-0.15, -0.1) is 11.3 Å². The van der Waals surface area contributed by atoms with Crippen LogP contribution in [0.5, 0.6) is 0 Å². The first-order chi connectivity index (χ1) is 10.1. The Morgan fingerprint density at radius 2 is 2.10 bits per heavy atom. The Morgan fingerprint density at radius 3 is 2.67 bits per heavy atom. The number of carbonyl (C=O) groups is 1. The molecule has 112 valence electrons. The molecule has 1 unspecified atom stereocenters. The molecule has 5 nitrogen and oxygen atoms in total. The standard InChI is InChI=1S/C15H20N4OS/c1-19(2)13(11-6-4-3-5-7-11)9-17-15(20)12-10-21-14(8-16)18-12/h3-7,10,13H,8-9,16H2,1-2H3,(H,17,20). The molecule has 1 amide bonds. The Kier molecular flexibility index (Phi) is 5.44. The van der Waals surface area contributed by atoms with Crippen molar-refractivity contribution in [1.82, 2.24) is 15.2 Å². The summed E-state index contributed by atoms with van der Waals surface area (Å²) in [7, 11) is 4.00. The normalized spacial score (nSPS) is 12.4. The molecule has 0 bridgehead atoms. The maximum atomic E-state index is 12.1. The monoisotopic (exact) mass is 304 g/mol. The number of benzene rings is 1. The molecular formula is C15H20N4OS. The van der Waals surface area contributed by atoms with Crippen LogP contribution in [0.4, 0.5) is 0 Å². The molecule has 0 aliphatic rings. The highest BCUT2D eigenvalue weighted by Gasteiger charge is 2.16. The van der Waals surface area contributed by atoms with Gasteiger partial charge in [-0.25, -0.2) is 4.98 Å².